The summed E-state index contributed by atoms with van der Waals surface area (Å²) in [5, 5.41) is 0. The van der Waals surface area contributed by atoms with Gasteiger partial charge < -0.3 is 9.47 Å². The number of rotatable bonds is 6. The van der Waals surface area contributed by atoms with E-state index in [0.29, 0.717) is 11.3 Å². The van der Waals surface area contributed by atoms with E-state index in [2.05, 4.69) is 4.74 Å². The molecule has 0 fully saturated rings. The van der Waals surface area contributed by atoms with Crippen LogP contribution in [0.2, 0.25) is 0 Å². The lowest BCUT2D eigenvalue weighted by molar-refractivity contribution is -0.0498. The topological polar surface area (TPSA) is 35.5 Å². The summed E-state index contributed by atoms with van der Waals surface area (Å²) in [7, 11) is 1.53. The number of benzene rings is 2. The van der Waals surface area contributed by atoms with Crippen LogP contribution < -0.4 is 9.47 Å². The van der Waals surface area contributed by atoms with E-state index >= 15 is 0 Å². The molecule has 2 aromatic carbocycles. The van der Waals surface area contributed by atoms with E-state index < -0.39 is 6.61 Å². The summed E-state index contributed by atoms with van der Waals surface area (Å²) in [5.41, 5.74) is 1.06. The number of carbonyl (C=O) groups is 1. The van der Waals surface area contributed by atoms with Gasteiger partial charge in [0.15, 0.2) is 5.78 Å². The van der Waals surface area contributed by atoms with Gasteiger partial charge in [-0.2, -0.15) is 8.78 Å². The Morgan fingerprint density at radius 1 is 1.14 bits per heavy atom. The standard InChI is InChI=1S/C16H14F2O3/c1-20-15-8-3-2-5-12(15)10-14(19)11-6-4-7-13(9-11)21-16(17)18/h2-9,16H,10H2,1H3. The normalized spacial score (nSPS) is 10.5. The molecular formula is C16H14F2O3. The number of hydrogen-bond donors (Lipinski definition) is 0. The van der Waals surface area contributed by atoms with Crippen LogP contribution in [0, 0.1) is 0 Å². The Bertz CT molecular complexity index is 626. The maximum atomic E-state index is 12.2. The molecule has 0 bridgehead atoms. The molecule has 2 aromatic rings. The number of halogens is 2. The van der Waals surface area contributed by atoms with Crippen molar-refractivity contribution in [2.75, 3.05) is 7.11 Å². The van der Waals surface area contributed by atoms with Crippen LogP contribution in [0.1, 0.15) is 15.9 Å². The smallest absolute Gasteiger partial charge is 0.387 e. The van der Waals surface area contributed by atoms with Gasteiger partial charge in [0.2, 0.25) is 0 Å². The Labute approximate surface area is 121 Å². The fraction of sp³-hybridized carbons (Fsp3) is 0.188. The minimum atomic E-state index is -2.91. The maximum absolute atomic E-state index is 12.2. The maximum Gasteiger partial charge on any atom is 0.387 e. The minimum Gasteiger partial charge on any atom is -0.496 e. The zero-order valence-electron chi connectivity index (χ0n) is 11.4. The van der Waals surface area contributed by atoms with Crippen LogP contribution in [-0.4, -0.2) is 19.5 Å². The Balaban J connectivity index is 2.16. The molecule has 0 unspecified atom stereocenters. The van der Waals surface area contributed by atoms with Crippen LogP contribution in [0.25, 0.3) is 0 Å². The first-order chi connectivity index (χ1) is 10.1. The van der Waals surface area contributed by atoms with Crippen molar-refractivity contribution >= 4 is 5.78 Å². The zero-order valence-corrected chi connectivity index (χ0v) is 11.4. The molecule has 0 radical (unpaired) electrons. The van der Waals surface area contributed by atoms with Crippen molar-refractivity contribution in [3.63, 3.8) is 0 Å². The van der Waals surface area contributed by atoms with Crippen molar-refractivity contribution in [1.82, 2.24) is 0 Å². The van der Waals surface area contributed by atoms with Crippen LogP contribution in [-0.2, 0) is 6.42 Å². The van der Waals surface area contributed by atoms with Gasteiger partial charge in [-0.15, -0.1) is 0 Å². The minimum absolute atomic E-state index is 0.0316. The van der Waals surface area contributed by atoms with Crippen LogP contribution in [0.4, 0.5) is 8.78 Å². The average molecular weight is 292 g/mol. The van der Waals surface area contributed by atoms with Crippen molar-refractivity contribution in [3.05, 3.63) is 59.7 Å². The molecule has 0 saturated carbocycles. The first kappa shape index (κ1) is 15.0. The molecule has 3 nitrogen and oxygen atoms in total. The molecule has 0 spiro atoms. The Kier molecular flexibility index (Phi) is 4.87. The average Bonchev–Trinajstić information content (AvgIpc) is 2.47. The van der Waals surface area contributed by atoms with Gasteiger partial charge in [-0.3, -0.25) is 4.79 Å². The molecule has 0 aromatic heterocycles. The summed E-state index contributed by atoms with van der Waals surface area (Å²) >= 11 is 0. The largest absolute Gasteiger partial charge is 0.496 e. The molecule has 0 aliphatic rings. The Morgan fingerprint density at radius 2 is 1.90 bits per heavy atom. The van der Waals surface area contributed by atoms with Crippen LogP contribution in [0.3, 0.4) is 0 Å². The number of hydrogen-bond acceptors (Lipinski definition) is 3. The fourth-order valence-corrected chi connectivity index (χ4v) is 1.97. The number of carbonyl (C=O) groups excluding carboxylic acids is 1. The molecule has 0 amide bonds. The monoisotopic (exact) mass is 292 g/mol. The van der Waals surface area contributed by atoms with Crippen LogP contribution in [0.15, 0.2) is 48.5 Å². The molecule has 0 saturated heterocycles. The first-order valence-electron chi connectivity index (χ1n) is 6.30. The number of methoxy groups -OCH3 is 1. The second-order valence-electron chi connectivity index (χ2n) is 4.32. The summed E-state index contributed by atoms with van der Waals surface area (Å²) < 4.78 is 33.8. The molecule has 0 aliphatic heterocycles. The lowest BCUT2D eigenvalue weighted by Crippen LogP contribution is -2.07. The fourth-order valence-electron chi connectivity index (χ4n) is 1.97. The summed E-state index contributed by atoms with van der Waals surface area (Å²) in [6.45, 7) is -2.91. The number of alkyl halides is 2. The van der Waals surface area contributed by atoms with Gasteiger partial charge in [0.05, 0.1) is 7.11 Å². The molecule has 0 atom stereocenters. The van der Waals surface area contributed by atoms with Gasteiger partial charge in [-0.1, -0.05) is 30.3 Å². The highest BCUT2D eigenvalue weighted by Gasteiger charge is 2.12. The second kappa shape index (κ2) is 6.83. The van der Waals surface area contributed by atoms with Gasteiger partial charge in [-0.25, -0.2) is 0 Å². The third kappa shape index (κ3) is 4.02. The van der Waals surface area contributed by atoms with Gasteiger partial charge in [0.25, 0.3) is 0 Å². The lowest BCUT2D eigenvalue weighted by atomic mass is 10.0. The second-order valence-corrected chi connectivity index (χ2v) is 4.32. The predicted octanol–water partition coefficient (Wildman–Crippen LogP) is 3.72. The van der Waals surface area contributed by atoms with Gasteiger partial charge in [-0.05, 0) is 18.2 Å². The number of ether oxygens (including phenoxy) is 2. The van der Waals surface area contributed by atoms with E-state index in [1.165, 1.54) is 25.3 Å². The van der Waals surface area contributed by atoms with Crippen molar-refractivity contribution < 1.29 is 23.0 Å². The molecule has 110 valence electrons. The lowest BCUT2D eigenvalue weighted by Gasteiger charge is -2.09. The Morgan fingerprint density at radius 3 is 2.62 bits per heavy atom. The third-order valence-corrected chi connectivity index (χ3v) is 2.92. The van der Waals surface area contributed by atoms with E-state index in [0.717, 1.165) is 5.56 Å². The molecule has 5 heteroatoms. The van der Waals surface area contributed by atoms with Crippen LogP contribution >= 0.6 is 0 Å². The molecule has 0 aliphatic carbocycles. The zero-order chi connectivity index (χ0) is 15.2. The highest BCUT2D eigenvalue weighted by Crippen LogP contribution is 2.21. The van der Waals surface area contributed by atoms with E-state index in [4.69, 9.17) is 4.74 Å². The van der Waals surface area contributed by atoms with E-state index in [1.54, 1.807) is 18.2 Å². The third-order valence-electron chi connectivity index (χ3n) is 2.92. The highest BCUT2D eigenvalue weighted by atomic mass is 19.3. The van der Waals surface area contributed by atoms with Gasteiger partial charge >= 0.3 is 6.61 Å². The molecular weight excluding hydrogens is 278 g/mol. The van der Waals surface area contributed by atoms with E-state index in [1.807, 2.05) is 12.1 Å². The summed E-state index contributed by atoms with van der Waals surface area (Å²) in [6, 6.07) is 12.9. The van der Waals surface area contributed by atoms with Gasteiger partial charge in [0.1, 0.15) is 11.5 Å². The van der Waals surface area contributed by atoms with Crippen molar-refractivity contribution in [3.8, 4) is 11.5 Å². The quantitative estimate of drug-likeness (QED) is 0.761. The number of para-hydroxylation sites is 1. The van der Waals surface area contributed by atoms with E-state index in [9.17, 15) is 13.6 Å². The molecule has 0 N–H and O–H groups in total. The first-order valence-corrected chi connectivity index (χ1v) is 6.30. The summed E-state index contributed by atoms with van der Waals surface area (Å²) in [5.74, 6) is 0.390. The van der Waals surface area contributed by atoms with Gasteiger partial charge in [0, 0.05) is 17.5 Å². The van der Waals surface area contributed by atoms with Crippen molar-refractivity contribution in [2.24, 2.45) is 0 Å². The molecule has 21 heavy (non-hydrogen) atoms. The predicted molar refractivity (Wildman–Crippen MR) is 74.1 cm³/mol. The number of Topliss-reactive ketones (excluding diaryl/α,β-unsaturated/α-hetero) is 1. The van der Waals surface area contributed by atoms with Crippen molar-refractivity contribution in [1.29, 1.82) is 0 Å². The summed E-state index contributed by atoms with van der Waals surface area (Å²) in [6.07, 6.45) is 0.127. The molecule has 0 heterocycles. The number of ketones is 1. The van der Waals surface area contributed by atoms with Crippen LogP contribution in [0.5, 0.6) is 11.5 Å². The van der Waals surface area contributed by atoms with Crippen molar-refractivity contribution in [2.45, 2.75) is 13.0 Å². The Hall–Kier alpha value is -2.43. The van der Waals surface area contributed by atoms with E-state index in [-0.39, 0.29) is 18.0 Å². The molecule has 2 rings (SSSR count). The SMILES string of the molecule is COc1ccccc1CC(=O)c1cccc(OC(F)F)c1. The summed E-state index contributed by atoms with van der Waals surface area (Å²) in [4.78, 5) is 12.2. The highest BCUT2D eigenvalue weighted by molar-refractivity contribution is 5.98.